The predicted octanol–water partition coefficient (Wildman–Crippen LogP) is 6.52. The molecule has 0 bridgehead atoms. The number of methoxy groups -OCH3 is 2. The highest BCUT2D eigenvalue weighted by Crippen LogP contribution is 2.48. The number of benzene rings is 2. The van der Waals surface area contributed by atoms with Crippen LogP contribution in [0.2, 0.25) is 0 Å². The van der Waals surface area contributed by atoms with E-state index in [1.807, 2.05) is 12.1 Å². The Morgan fingerprint density at radius 3 is 2.62 bits per heavy atom. The Kier molecular flexibility index (Phi) is 8.22. The summed E-state index contributed by atoms with van der Waals surface area (Å²) in [5.74, 6) is 1.64. The summed E-state index contributed by atoms with van der Waals surface area (Å²) in [6.45, 7) is -0.00202. The summed E-state index contributed by atoms with van der Waals surface area (Å²) in [4.78, 5) is 22.0. The summed E-state index contributed by atoms with van der Waals surface area (Å²) in [5, 5.41) is 13.3. The summed E-state index contributed by atoms with van der Waals surface area (Å²) in [6, 6.07) is 13.6. The fourth-order valence-electron chi connectivity index (χ4n) is 5.63. The average molecular weight is 648 g/mol. The molecule has 1 aliphatic rings. The quantitative estimate of drug-likeness (QED) is 0.224. The van der Waals surface area contributed by atoms with Crippen molar-refractivity contribution in [2.24, 2.45) is 0 Å². The normalized spacial score (nSPS) is 19.1. The lowest BCUT2D eigenvalue weighted by atomic mass is 9.77. The molecule has 222 valence electrons. The van der Waals surface area contributed by atoms with Gasteiger partial charge in [0.2, 0.25) is 0 Å². The van der Waals surface area contributed by atoms with Gasteiger partial charge in [-0.3, -0.25) is 9.30 Å². The molecular weight excluding hydrogens is 619 g/mol. The molecule has 4 aromatic rings. The van der Waals surface area contributed by atoms with E-state index >= 15 is 0 Å². The third-order valence-corrected chi connectivity index (χ3v) is 8.32. The smallest absolute Gasteiger partial charge is 0.412 e. The van der Waals surface area contributed by atoms with Crippen molar-refractivity contribution < 1.29 is 32.5 Å². The van der Waals surface area contributed by atoms with Crippen molar-refractivity contribution in [2.45, 2.75) is 43.4 Å². The van der Waals surface area contributed by atoms with Crippen LogP contribution in [0.15, 0.2) is 65.5 Å². The molecule has 3 heterocycles. The largest absolute Gasteiger partial charge is 0.497 e. The first kappa shape index (κ1) is 29.5. The highest BCUT2D eigenvalue weighted by atomic mass is 79.9. The van der Waals surface area contributed by atoms with E-state index in [2.05, 4.69) is 31.2 Å². The minimum Gasteiger partial charge on any atom is -0.497 e. The van der Waals surface area contributed by atoms with Gasteiger partial charge in [0, 0.05) is 49.5 Å². The first-order chi connectivity index (χ1) is 20.1. The standard InChI is InChI=1S/C29H29BrF3N5O4/c1-41-21-9-8-19(22(14-21)42-2)16-35-25-23-24(30)36-26(37(23)13-12-34-25)20-10-11-28(29(31,32)33,38(17-20)27(39)40)15-18-6-4-3-5-7-18/h3-9,12-14,20H,10-11,15-17H2,1-2H3,(H,34,35)(H,39,40)/t20-,28+/m0/s1. The molecule has 1 amide bonds. The molecule has 0 unspecified atom stereocenters. The summed E-state index contributed by atoms with van der Waals surface area (Å²) in [6.07, 6.45) is -3.93. The third kappa shape index (κ3) is 5.44. The molecule has 2 N–H and O–H groups in total. The lowest BCUT2D eigenvalue weighted by molar-refractivity contribution is -0.235. The van der Waals surface area contributed by atoms with Crippen molar-refractivity contribution in [3.8, 4) is 11.5 Å². The number of fused-ring (bicyclic) bond motifs is 1. The minimum absolute atomic E-state index is 0.0931. The lowest BCUT2D eigenvalue weighted by Crippen LogP contribution is -2.65. The molecule has 42 heavy (non-hydrogen) atoms. The number of ether oxygens (including phenoxy) is 2. The zero-order valence-electron chi connectivity index (χ0n) is 22.9. The van der Waals surface area contributed by atoms with E-state index in [1.165, 1.54) is 0 Å². The number of aromatic nitrogens is 3. The second-order valence-electron chi connectivity index (χ2n) is 10.1. The van der Waals surface area contributed by atoms with Gasteiger partial charge in [-0.05, 0) is 46.5 Å². The summed E-state index contributed by atoms with van der Waals surface area (Å²) in [7, 11) is 3.13. The summed E-state index contributed by atoms with van der Waals surface area (Å²) >= 11 is 3.49. The molecule has 1 aliphatic heterocycles. The van der Waals surface area contributed by atoms with Crippen molar-refractivity contribution in [1.82, 2.24) is 19.3 Å². The number of alkyl halides is 3. The van der Waals surface area contributed by atoms with Crippen molar-refractivity contribution in [3.63, 3.8) is 0 Å². The summed E-state index contributed by atoms with van der Waals surface area (Å²) < 4.78 is 57.0. The van der Waals surface area contributed by atoms with Gasteiger partial charge in [-0.2, -0.15) is 13.2 Å². The van der Waals surface area contributed by atoms with E-state index in [1.54, 1.807) is 67.4 Å². The molecule has 0 radical (unpaired) electrons. The van der Waals surface area contributed by atoms with Gasteiger partial charge in [-0.25, -0.2) is 14.8 Å². The van der Waals surface area contributed by atoms with Crippen molar-refractivity contribution in [2.75, 3.05) is 26.1 Å². The third-order valence-electron chi connectivity index (χ3n) is 7.77. The van der Waals surface area contributed by atoms with E-state index < -0.39 is 36.6 Å². The number of imidazole rings is 1. The number of rotatable bonds is 8. The number of halogens is 4. The van der Waals surface area contributed by atoms with Gasteiger partial charge in [0.1, 0.15) is 33.0 Å². The monoisotopic (exact) mass is 647 g/mol. The molecule has 2 aromatic heterocycles. The number of hydrogen-bond acceptors (Lipinski definition) is 6. The van der Waals surface area contributed by atoms with Gasteiger partial charge < -0.3 is 19.9 Å². The number of likely N-dealkylation sites (tertiary alicyclic amines) is 1. The molecule has 1 saturated heterocycles. The Balaban J connectivity index is 1.45. The number of nitrogens with one attached hydrogen (secondary N) is 1. The van der Waals surface area contributed by atoms with Gasteiger partial charge in [0.25, 0.3) is 0 Å². The molecule has 0 spiro atoms. The van der Waals surface area contributed by atoms with E-state index in [-0.39, 0.29) is 13.0 Å². The maximum atomic E-state index is 14.7. The number of carboxylic acid groups (broad SMARTS) is 1. The van der Waals surface area contributed by atoms with Crippen LogP contribution in [0.4, 0.5) is 23.8 Å². The number of carbonyl (C=O) groups is 1. The van der Waals surface area contributed by atoms with Crippen LogP contribution in [0.5, 0.6) is 11.5 Å². The molecular formula is C29H29BrF3N5O4. The van der Waals surface area contributed by atoms with Crippen LogP contribution >= 0.6 is 15.9 Å². The zero-order valence-corrected chi connectivity index (χ0v) is 24.4. The van der Waals surface area contributed by atoms with Crippen LogP contribution in [0.3, 0.4) is 0 Å². The van der Waals surface area contributed by atoms with E-state index in [0.717, 1.165) is 5.56 Å². The lowest BCUT2D eigenvalue weighted by Gasteiger charge is -2.48. The van der Waals surface area contributed by atoms with Gasteiger partial charge >= 0.3 is 12.3 Å². The first-order valence-corrected chi connectivity index (χ1v) is 14.0. The number of piperidine rings is 1. The molecule has 1 fully saturated rings. The van der Waals surface area contributed by atoms with Crippen LogP contribution in [0.25, 0.3) is 5.52 Å². The van der Waals surface area contributed by atoms with Crippen molar-refractivity contribution in [3.05, 3.63) is 82.5 Å². The highest BCUT2D eigenvalue weighted by Gasteiger charge is 2.62. The number of anilines is 1. The Morgan fingerprint density at radius 1 is 1.19 bits per heavy atom. The zero-order chi connectivity index (χ0) is 30.1. The fraction of sp³-hybridized carbons (Fsp3) is 0.345. The topological polar surface area (TPSA) is 101 Å². The first-order valence-electron chi connectivity index (χ1n) is 13.2. The molecule has 0 saturated carbocycles. The molecule has 2 atom stereocenters. The number of hydrogen-bond donors (Lipinski definition) is 2. The maximum absolute atomic E-state index is 14.7. The Bertz CT molecular complexity index is 1580. The molecule has 9 nitrogen and oxygen atoms in total. The molecule has 5 rings (SSSR count). The minimum atomic E-state index is -4.77. The van der Waals surface area contributed by atoms with Gasteiger partial charge in [-0.1, -0.05) is 30.3 Å². The van der Waals surface area contributed by atoms with Gasteiger partial charge in [-0.15, -0.1) is 0 Å². The van der Waals surface area contributed by atoms with E-state index in [4.69, 9.17) is 9.47 Å². The van der Waals surface area contributed by atoms with Crippen LogP contribution < -0.4 is 14.8 Å². The molecule has 13 heteroatoms. The SMILES string of the molecule is COc1ccc(CNc2nccn3c([C@H]4CC[C@@](Cc5ccccc5)(C(F)(F)F)N(C(=O)O)C4)nc(Br)c23)c(OC)c1. The van der Waals surface area contributed by atoms with E-state index in [0.29, 0.717) is 50.3 Å². The van der Waals surface area contributed by atoms with Crippen molar-refractivity contribution in [1.29, 1.82) is 0 Å². The average Bonchev–Trinajstić information content (AvgIpc) is 3.32. The number of amides is 1. The van der Waals surface area contributed by atoms with E-state index in [9.17, 15) is 23.1 Å². The van der Waals surface area contributed by atoms with Crippen LogP contribution in [-0.2, 0) is 13.0 Å². The second kappa shape index (κ2) is 11.7. The number of nitrogens with zero attached hydrogens (tertiary/aromatic N) is 4. The van der Waals surface area contributed by atoms with Crippen LogP contribution in [0, 0.1) is 0 Å². The predicted molar refractivity (Wildman–Crippen MR) is 153 cm³/mol. The maximum Gasteiger partial charge on any atom is 0.412 e. The second-order valence-corrected chi connectivity index (χ2v) is 10.9. The van der Waals surface area contributed by atoms with Crippen LogP contribution in [0.1, 0.15) is 35.7 Å². The Morgan fingerprint density at radius 2 is 1.95 bits per heavy atom. The Labute approximate surface area is 248 Å². The van der Waals surface area contributed by atoms with Gasteiger partial charge in [0.15, 0.2) is 5.82 Å². The fourth-order valence-corrected chi connectivity index (χ4v) is 6.19. The molecule has 0 aliphatic carbocycles. The Hall–Kier alpha value is -4.00. The molecule has 2 aromatic carbocycles. The van der Waals surface area contributed by atoms with Gasteiger partial charge in [0.05, 0.1) is 14.2 Å². The highest BCUT2D eigenvalue weighted by molar-refractivity contribution is 9.10. The van der Waals surface area contributed by atoms with Crippen LogP contribution in [-0.4, -0.2) is 62.9 Å². The van der Waals surface area contributed by atoms with Crippen molar-refractivity contribution >= 4 is 33.4 Å². The summed E-state index contributed by atoms with van der Waals surface area (Å²) in [5.41, 5.74) is -0.695.